The number of nitrogens with zero attached hydrogens (tertiary/aromatic N) is 1. The molecule has 1 amide bonds. The fraction of sp³-hybridized carbons (Fsp3) is 0.429. The van der Waals surface area contributed by atoms with Crippen molar-refractivity contribution in [1.82, 2.24) is 5.32 Å². The Bertz CT molecular complexity index is 546. The third-order valence-electron chi connectivity index (χ3n) is 3.77. The van der Waals surface area contributed by atoms with E-state index in [1.54, 1.807) is 0 Å². The van der Waals surface area contributed by atoms with Gasteiger partial charge < -0.3 is 10.4 Å². The zero-order chi connectivity index (χ0) is 14.1. The van der Waals surface area contributed by atoms with Crippen LogP contribution in [0.25, 0.3) is 0 Å². The van der Waals surface area contributed by atoms with E-state index in [0.717, 1.165) is 5.56 Å². The Hall–Kier alpha value is -1.92. The lowest BCUT2D eigenvalue weighted by molar-refractivity contribution is -0.141. The van der Waals surface area contributed by atoms with Crippen LogP contribution in [0.2, 0.25) is 0 Å². The van der Waals surface area contributed by atoms with E-state index in [0.29, 0.717) is 31.7 Å². The summed E-state index contributed by atoms with van der Waals surface area (Å²) < 4.78 is 0. The first kappa shape index (κ1) is 13.1. The SMILES string of the molecule is O=C(O)C1CNC(c2ccccc2N2OCCC2=O)C1. The van der Waals surface area contributed by atoms with Gasteiger partial charge in [-0.2, -0.15) is 5.06 Å². The summed E-state index contributed by atoms with van der Waals surface area (Å²) in [5.41, 5.74) is 1.62. The fourth-order valence-electron chi connectivity index (χ4n) is 2.73. The van der Waals surface area contributed by atoms with Crippen LogP contribution >= 0.6 is 0 Å². The van der Waals surface area contributed by atoms with Crippen molar-refractivity contribution in [3.05, 3.63) is 29.8 Å². The number of aliphatic carboxylic acids is 1. The number of hydrogen-bond donors (Lipinski definition) is 2. The van der Waals surface area contributed by atoms with Crippen molar-refractivity contribution < 1.29 is 19.5 Å². The summed E-state index contributed by atoms with van der Waals surface area (Å²) in [6.45, 7) is 0.839. The number of hydrogen-bond acceptors (Lipinski definition) is 4. The van der Waals surface area contributed by atoms with Crippen LogP contribution in [0.15, 0.2) is 24.3 Å². The first-order valence-electron chi connectivity index (χ1n) is 6.68. The Kier molecular flexibility index (Phi) is 3.42. The van der Waals surface area contributed by atoms with Crippen LogP contribution < -0.4 is 10.4 Å². The zero-order valence-corrected chi connectivity index (χ0v) is 10.9. The zero-order valence-electron chi connectivity index (χ0n) is 10.9. The van der Waals surface area contributed by atoms with Gasteiger partial charge in [0.05, 0.1) is 24.6 Å². The van der Waals surface area contributed by atoms with E-state index in [1.165, 1.54) is 5.06 Å². The van der Waals surface area contributed by atoms with E-state index in [2.05, 4.69) is 5.32 Å². The highest BCUT2D eigenvalue weighted by Crippen LogP contribution is 2.35. The highest BCUT2D eigenvalue weighted by atomic mass is 16.7. The van der Waals surface area contributed by atoms with Gasteiger partial charge in [-0.1, -0.05) is 18.2 Å². The van der Waals surface area contributed by atoms with Gasteiger partial charge in [-0.3, -0.25) is 14.4 Å². The van der Waals surface area contributed by atoms with Gasteiger partial charge in [-0.25, -0.2) is 0 Å². The lowest BCUT2D eigenvalue weighted by atomic mass is 9.98. The molecule has 20 heavy (non-hydrogen) atoms. The minimum atomic E-state index is -0.786. The molecule has 0 saturated carbocycles. The summed E-state index contributed by atoms with van der Waals surface area (Å²) in [5, 5.41) is 13.6. The second kappa shape index (κ2) is 5.22. The lowest BCUT2D eigenvalue weighted by Crippen LogP contribution is -2.25. The predicted molar refractivity (Wildman–Crippen MR) is 71.0 cm³/mol. The van der Waals surface area contributed by atoms with E-state index in [4.69, 9.17) is 9.94 Å². The highest BCUT2D eigenvalue weighted by molar-refractivity contribution is 5.93. The highest BCUT2D eigenvalue weighted by Gasteiger charge is 2.33. The molecule has 106 valence electrons. The van der Waals surface area contributed by atoms with E-state index in [1.807, 2.05) is 24.3 Å². The summed E-state index contributed by atoms with van der Waals surface area (Å²) in [6, 6.07) is 7.40. The number of anilines is 1. The molecule has 0 bridgehead atoms. The maximum Gasteiger partial charge on any atom is 0.307 e. The molecular weight excluding hydrogens is 260 g/mol. The van der Waals surface area contributed by atoms with E-state index in [-0.39, 0.29) is 17.9 Å². The molecule has 6 heteroatoms. The number of amides is 1. The van der Waals surface area contributed by atoms with Crippen molar-refractivity contribution in [1.29, 1.82) is 0 Å². The minimum absolute atomic E-state index is 0.0646. The quantitative estimate of drug-likeness (QED) is 0.864. The number of hydroxylamine groups is 1. The molecule has 2 aliphatic rings. The van der Waals surface area contributed by atoms with Crippen molar-refractivity contribution in [3.8, 4) is 0 Å². The smallest absolute Gasteiger partial charge is 0.307 e. The van der Waals surface area contributed by atoms with E-state index >= 15 is 0 Å². The van der Waals surface area contributed by atoms with Crippen LogP contribution in [0, 0.1) is 5.92 Å². The topological polar surface area (TPSA) is 78.9 Å². The molecule has 6 nitrogen and oxygen atoms in total. The molecule has 2 saturated heterocycles. The second-order valence-corrected chi connectivity index (χ2v) is 5.06. The third kappa shape index (κ3) is 2.28. The molecule has 3 rings (SSSR count). The van der Waals surface area contributed by atoms with Gasteiger partial charge in [0.25, 0.3) is 5.91 Å². The summed E-state index contributed by atoms with van der Waals surface area (Å²) in [5.74, 6) is -1.24. The fourth-order valence-corrected chi connectivity index (χ4v) is 2.73. The number of nitrogens with one attached hydrogen (secondary N) is 1. The molecule has 2 aliphatic heterocycles. The number of rotatable bonds is 3. The molecule has 2 N–H and O–H groups in total. The number of carboxylic acids is 1. The molecular formula is C14H16N2O4. The number of benzene rings is 1. The van der Waals surface area contributed by atoms with Crippen LogP contribution in [-0.2, 0) is 14.4 Å². The maximum atomic E-state index is 11.8. The van der Waals surface area contributed by atoms with Gasteiger partial charge in [-0.05, 0) is 18.1 Å². The summed E-state index contributed by atoms with van der Waals surface area (Å²) >= 11 is 0. The van der Waals surface area contributed by atoms with Crippen molar-refractivity contribution >= 4 is 17.6 Å². The van der Waals surface area contributed by atoms with Crippen molar-refractivity contribution in [3.63, 3.8) is 0 Å². The van der Waals surface area contributed by atoms with Gasteiger partial charge >= 0.3 is 5.97 Å². The van der Waals surface area contributed by atoms with E-state index < -0.39 is 5.97 Å². The molecule has 1 aromatic carbocycles. The van der Waals surface area contributed by atoms with Gasteiger partial charge in [0.15, 0.2) is 0 Å². The summed E-state index contributed by atoms with van der Waals surface area (Å²) in [7, 11) is 0. The Morgan fingerprint density at radius 1 is 1.40 bits per heavy atom. The Balaban J connectivity index is 1.87. The molecule has 0 aliphatic carbocycles. The molecule has 0 spiro atoms. The first-order chi connectivity index (χ1) is 9.66. The average molecular weight is 276 g/mol. The minimum Gasteiger partial charge on any atom is -0.481 e. The van der Waals surface area contributed by atoms with Gasteiger partial charge in [-0.15, -0.1) is 0 Å². The van der Waals surface area contributed by atoms with Crippen LogP contribution in [0.1, 0.15) is 24.4 Å². The number of carbonyl (C=O) groups excluding carboxylic acids is 1. The van der Waals surface area contributed by atoms with Crippen molar-refractivity contribution in [2.24, 2.45) is 5.92 Å². The number of carboxylic acid groups (broad SMARTS) is 1. The Labute approximate surface area is 116 Å². The molecule has 0 radical (unpaired) electrons. The van der Waals surface area contributed by atoms with Gasteiger partial charge in [0.2, 0.25) is 0 Å². The monoisotopic (exact) mass is 276 g/mol. The third-order valence-corrected chi connectivity index (χ3v) is 3.77. The largest absolute Gasteiger partial charge is 0.481 e. The molecule has 0 aromatic heterocycles. The number of carbonyl (C=O) groups is 2. The van der Waals surface area contributed by atoms with Crippen molar-refractivity contribution in [2.75, 3.05) is 18.2 Å². The average Bonchev–Trinajstić information content (AvgIpc) is 3.07. The predicted octanol–water partition coefficient (Wildman–Crippen LogP) is 1.09. The van der Waals surface area contributed by atoms with Crippen LogP contribution in [0.5, 0.6) is 0 Å². The van der Waals surface area contributed by atoms with E-state index in [9.17, 15) is 9.59 Å². The second-order valence-electron chi connectivity index (χ2n) is 5.06. The summed E-state index contributed by atoms with van der Waals surface area (Å²) in [6.07, 6.45) is 0.901. The molecule has 2 fully saturated rings. The molecule has 2 atom stereocenters. The van der Waals surface area contributed by atoms with Crippen LogP contribution in [0.4, 0.5) is 5.69 Å². The van der Waals surface area contributed by atoms with Gasteiger partial charge in [0.1, 0.15) is 0 Å². The Morgan fingerprint density at radius 3 is 2.85 bits per heavy atom. The maximum absolute atomic E-state index is 11.8. The lowest BCUT2D eigenvalue weighted by Gasteiger charge is -2.21. The van der Waals surface area contributed by atoms with Crippen LogP contribution in [-0.4, -0.2) is 30.1 Å². The molecule has 2 unspecified atom stereocenters. The van der Waals surface area contributed by atoms with Gasteiger partial charge in [0, 0.05) is 12.6 Å². The first-order valence-corrected chi connectivity index (χ1v) is 6.68. The Morgan fingerprint density at radius 2 is 2.20 bits per heavy atom. The van der Waals surface area contributed by atoms with Crippen molar-refractivity contribution in [2.45, 2.75) is 18.9 Å². The molecule has 2 heterocycles. The number of para-hydroxylation sites is 1. The standard InChI is InChI=1S/C14H16N2O4/c17-13-5-6-20-16(13)12-4-2-1-3-10(12)11-7-9(8-15-11)14(18)19/h1-4,9,11,15H,5-8H2,(H,18,19). The molecule has 1 aromatic rings. The summed E-state index contributed by atoms with van der Waals surface area (Å²) in [4.78, 5) is 28.2. The normalized spacial score (nSPS) is 26.2. The van der Waals surface area contributed by atoms with Crippen LogP contribution in [0.3, 0.4) is 0 Å².